The molecule has 6 heteroatoms. The van der Waals surface area contributed by atoms with Gasteiger partial charge in [0.2, 0.25) is 5.95 Å². The molecule has 0 radical (unpaired) electrons. The van der Waals surface area contributed by atoms with E-state index in [1.165, 1.54) is 12.4 Å². The van der Waals surface area contributed by atoms with Crippen molar-refractivity contribution in [2.45, 2.75) is 0 Å². The lowest BCUT2D eigenvalue weighted by Crippen LogP contribution is -1.96. The highest BCUT2D eigenvalue weighted by Crippen LogP contribution is 2.22. The molecule has 0 N–H and O–H groups in total. The zero-order valence-electron chi connectivity index (χ0n) is 7.28. The molecule has 3 nitrogen and oxygen atoms in total. The number of hydrogen-bond donors (Lipinski definition) is 0. The summed E-state index contributed by atoms with van der Waals surface area (Å²) < 4.78 is 27.2. The summed E-state index contributed by atoms with van der Waals surface area (Å²) in [6, 6.07) is 2.58. The van der Waals surface area contributed by atoms with Crippen molar-refractivity contribution in [2.24, 2.45) is 0 Å². The molecule has 0 unspecified atom stereocenters. The molecule has 0 spiro atoms. The Morgan fingerprint density at radius 3 is 2.60 bits per heavy atom. The molecule has 0 saturated carbocycles. The van der Waals surface area contributed by atoms with Crippen LogP contribution in [0.4, 0.5) is 8.78 Å². The third kappa shape index (κ3) is 2.09. The summed E-state index contributed by atoms with van der Waals surface area (Å²) in [5, 5.41) is 0. The molecule has 0 atom stereocenters. The fourth-order valence-electron chi connectivity index (χ4n) is 1.11. The van der Waals surface area contributed by atoms with E-state index in [9.17, 15) is 8.78 Å². The zero-order valence-corrected chi connectivity index (χ0v) is 9.44. The highest BCUT2D eigenvalue weighted by Gasteiger charge is 2.13. The first-order chi connectivity index (χ1) is 7.18. The Bertz CT molecular complexity index is 484. The van der Waals surface area contributed by atoms with Gasteiger partial charge in [0.15, 0.2) is 0 Å². The first-order valence-electron chi connectivity index (χ1n) is 3.96. The van der Waals surface area contributed by atoms with Gasteiger partial charge in [-0.2, -0.15) is 4.39 Å². The largest absolute Gasteiger partial charge is 0.236 e. The minimum atomic E-state index is -0.871. The molecule has 0 fully saturated rings. The first-order valence-corrected chi connectivity index (χ1v) is 5.04. The molecule has 0 aliphatic heterocycles. The van der Waals surface area contributed by atoms with Crippen molar-refractivity contribution in [3.8, 4) is 11.3 Å². The number of aromatic nitrogens is 3. The minimum absolute atomic E-state index is 0.192. The Balaban J connectivity index is 2.63. The van der Waals surface area contributed by atoms with Crippen LogP contribution in [-0.2, 0) is 0 Å². The van der Waals surface area contributed by atoms with E-state index in [0.717, 1.165) is 12.3 Å². The first kappa shape index (κ1) is 10.3. The highest BCUT2D eigenvalue weighted by atomic mass is 127. The standard InChI is InChI=1S/C9H4F2IN3/c10-5-1-2-13-9(11)8(5)6-3-7(12)15-4-14-6/h1-4H. The van der Waals surface area contributed by atoms with Gasteiger partial charge in [-0.05, 0) is 34.7 Å². The molecular formula is C9H4F2IN3. The lowest BCUT2D eigenvalue weighted by molar-refractivity contribution is 0.557. The van der Waals surface area contributed by atoms with Gasteiger partial charge in [-0.1, -0.05) is 0 Å². The maximum atomic E-state index is 13.3. The predicted molar refractivity (Wildman–Crippen MR) is 57.9 cm³/mol. The Kier molecular flexibility index (Phi) is 2.85. The van der Waals surface area contributed by atoms with Crippen LogP contribution in [0.25, 0.3) is 11.3 Å². The molecule has 2 aromatic rings. The number of nitrogens with zero attached hydrogens (tertiary/aromatic N) is 3. The molecule has 0 amide bonds. The maximum absolute atomic E-state index is 13.3. The van der Waals surface area contributed by atoms with Gasteiger partial charge in [-0.25, -0.2) is 19.3 Å². The summed E-state index contributed by atoms with van der Waals surface area (Å²) in [5.74, 6) is -1.55. The van der Waals surface area contributed by atoms with Crippen molar-refractivity contribution < 1.29 is 8.78 Å². The summed E-state index contributed by atoms with van der Waals surface area (Å²) in [5.41, 5.74) is -0.0321. The summed E-state index contributed by atoms with van der Waals surface area (Å²) in [6.07, 6.45) is 2.32. The van der Waals surface area contributed by atoms with Gasteiger partial charge in [0.1, 0.15) is 15.8 Å². The average molecular weight is 319 g/mol. The number of halogens is 3. The van der Waals surface area contributed by atoms with Crippen LogP contribution in [0.5, 0.6) is 0 Å². The van der Waals surface area contributed by atoms with E-state index in [-0.39, 0.29) is 11.3 Å². The van der Waals surface area contributed by atoms with Crippen molar-refractivity contribution in [3.05, 3.63) is 40.1 Å². The molecule has 0 aliphatic carbocycles. The van der Waals surface area contributed by atoms with Crippen molar-refractivity contribution in [1.82, 2.24) is 15.0 Å². The predicted octanol–water partition coefficient (Wildman–Crippen LogP) is 2.42. The van der Waals surface area contributed by atoms with Crippen molar-refractivity contribution in [2.75, 3.05) is 0 Å². The Labute approximate surface area is 97.7 Å². The molecular weight excluding hydrogens is 315 g/mol. The molecule has 76 valence electrons. The summed E-state index contributed by atoms with van der Waals surface area (Å²) in [7, 11) is 0. The van der Waals surface area contributed by atoms with E-state index < -0.39 is 11.8 Å². The molecule has 15 heavy (non-hydrogen) atoms. The summed E-state index contributed by atoms with van der Waals surface area (Å²) in [6.45, 7) is 0. The van der Waals surface area contributed by atoms with Crippen LogP contribution < -0.4 is 0 Å². The highest BCUT2D eigenvalue weighted by molar-refractivity contribution is 14.1. The topological polar surface area (TPSA) is 38.7 Å². The SMILES string of the molecule is Fc1ccnc(F)c1-c1cc(I)ncn1. The smallest absolute Gasteiger partial charge is 0.225 e. The second kappa shape index (κ2) is 4.13. The molecule has 2 rings (SSSR count). The van der Waals surface area contributed by atoms with Crippen molar-refractivity contribution in [1.29, 1.82) is 0 Å². The zero-order chi connectivity index (χ0) is 10.8. The fourth-order valence-corrected chi connectivity index (χ4v) is 1.53. The maximum Gasteiger partial charge on any atom is 0.225 e. The molecule has 2 heterocycles. The van der Waals surface area contributed by atoms with Crippen LogP contribution >= 0.6 is 22.6 Å². The number of pyridine rings is 1. The van der Waals surface area contributed by atoms with Gasteiger partial charge >= 0.3 is 0 Å². The Morgan fingerprint density at radius 1 is 1.13 bits per heavy atom. The third-order valence-electron chi connectivity index (χ3n) is 1.74. The average Bonchev–Trinajstić information content (AvgIpc) is 2.17. The Morgan fingerprint density at radius 2 is 1.93 bits per heavy atom. The van der Waals surface area contributed by atoms with Gasteiger partial charge < -0.3 is 0 Å². The van der Waals surface area contributed by atoms with Gasteiger partial charge in [0.25, 0.3) is 0 Å². The van der Waals surface area contributed by atoms with E-state index in [1.54, 1.807) is 0 Å². The molecule has 0 aromatic carbocycles. The van der Waals surface area contributed by atoms with E-state index in [2.05, 4.69) is 15.0 Å². The summed E-state index contributed by atoms with van der Waals surface area (Å²) >= 11 is 1.94. The van der Waals surface area contributed by atoms with Crippen LogP contribution in [-0.4, -0.2) is 15.0 Å². The lowest BCUT2D eigenvalue weighted by atomic mass is 10.2. The second-order valence-electron chi connectivity index (χ2n) is 2.68. The number of rotatable bonds is 1. The number of hydrogen-bond acceptors (Lipinski definition) is 3. The van der Waals surface area contributed by atoms with Gasteiger partial charge in [0, 0.05) is 6.20 Å². The molecule has 0 bridgehead atoms. The second-order valence-corrected chi connectivity index (χ2v) is 3.79. The fraction of sp³-hybridized carbons (Fsp3) is 0. The quantitative estimate of drug-likeness (QED) is 0.460. The molecule has 0 aliphatic rings. The van der Waals surface area contributed by atoms with Crippen molar-refractivity contribution in [3.63, 3.8) is 0 Å². The molecule has 2 aromatic heterocycles. The lowest BCUT2D eigenvalue weighted by Gasteiger charge is -2.02. The van der Waals surface area contributed by atoms with E-state index in [1.807, 2.05) is 22.6 Å². The van der Waals surface area contributed by atoms with Crippen LogP contribution in [0, 0.1) is 15.5 Å². The van der Waals surface area contributed by atoms with E-state index in [0.29, 0.717) is 3.70 Å². The van der Waals surface area contributed by atoms with Crippen LogP contribution in [0.15, 0.2) is 24.7 Å². The van der Waals surface area contributed by atoms with Gasteiger partial charge in [-0.15, -0.1) is 0 Å². The third-order valence-corrected chi connectivity index (χ3v) is 2.33. The molecule has 0 saturated heterocycles. The van der Waals surface area contributed by atoms with E-state index >= 15 is 0 Å². The van der Waals surface area contributed by atoms with Crippen molar-refractivity contribution >= 4 is 22.6 Å². The van der Waals surface area contributed by atoms with E-state index in [4.69, 9.17) is 0 Å². The monoisotopic (exact) mass is 319 g/mol. The van der Waals surface area contributed by atoms with Gasteiger partial charge in [0.05, 0.1) is 11.3 Å². The minimum Gasteiger partial charge on any atom is -0.236 e. The normalized spacial score (nSPS) is 10.3. The van der Waals surface area contributed by atoms with Crippen LogP contribution in [0.2, 0.25) is 0 Å². The van der Waals surface area contributed by atoms with Gasteiger partial charge in [-0.3, -0.25) is 0 Å². The van der Waals surface area contributed by atoms with Crippen LogP contribution in [0.3, 0.4) is 0 Å². The summed E-state index contributed by atoms with van der Waals surface area (Å²) in [4.78, 5) is 11.0. The Hall–Kier alpha value is -1.18. The van der Waals surface area contributed by atoms with Crippen LogP contribution in [0.1, 0.15) is 0 Å².